The number of hydrogen-bond acceptors (Lipinski definition) is 3. The number of rotatable bonds is 2. The van der Waals surface area contributed by atoms with Crippen LogP contribution in [0.4, 0.5) is 10.1 Å². The monoisotopic (exact) mass is 298 g/mol. The Balaban J connectivity index is 2.31. The molecule has 1 aromatic carbocycles. The van der Waals surface area contributed by atoms with Gasteiger partial charge in [0.25, 0.3) is 0 Å². The third-order valence-corrected chi connectivity index (χ3v) is 3.41. The third-order valence-electron chi connectivity index (χ3n) is 1.89. The Labute approximate surface area is 105 Å². The zero-order chi connectivity index (χ0) is 11.5. The number of nitrogens with two attached hydrogens (primary N) is 1. The Kier molecular flexibility index (Phi) is 3.46. The fourth-order valence-corrected chi connectivity index (χ4v) is 2.31. The topological polar surface area (TPSA) is 38.9 Å². The Morgan fingerprint density at radius 2 is 2.06 bits per heavy atom. The molecule has 0 saturated carbocycles. The van der Waals surface area contributed by atoms with Crippen molar-refractivity contribution in [2.75, 3.05) is 5.73 Å². The van der Waals surface area contributed by atoms with Crippen LogP contribution in [-0.4, -0.2) is 4.98 Å². The molecule has 0 spiro atoms. The molecule has 0 radical (unpaired) electrons. The minimum absolute atomic E-state index is 0.267. The molecule has 0 unspecified atom stereocenters. The normalized spacial score (nSPS) is 10.4. The van der Waals surface area contributed by atoms with E-state index in [9.17, 15) is 4.39 Å². The van der Waals surface area contributed by atoms with Crippen LogP contribution in [0.15, 0.2) is 50.9 Å². The number of benzene rings is 1. The third kappa shape index (κ3) is 2.54. The lowest BCUT2D eigenvalue weighted by Gasteiger charge is -2.05. The lowest BCUT2D eigenvalue weighted by Crippen LogP contribution is -1.92. The molecule has 0 aliphatic carbocycles. The Bertz CT molecular complexity index is 519. The van der Waals surface area contributed by atoms with E-state index < -0.39 is 0 Å². The van der Waals surface area contributed by atoms with Crippen molar-refractivity contribution in [1.29, 1.82) is 0 Å². The Morgan fingerprint density at radius 3 is 2.75 bits per heavy atom. The average Bonchev–Trinajstić information content (AvgIpc) is 2.25. The maximum Gasteiger partial charge on any atom is 0.137 e. The van der Waals surface area contributed by atoms with E-state index in [-0.39, 0.29) is 5.82 Å². The number of nitrogen functional groups attached to an aromatic ring is 1. The van der Waals surface area contributed by atoms with Crippen molar-refractivity contribution < 1.29 is 4.39 Å². The molecule has 0 aliphatic heterocycles. The van der Waals surface area contributed by atoms with Crippen molar-refractivity contribution in [3.05, 3.63) is 46.8 Å². The van der Waals surface area contributed by atoms with Gasteiger partial charge in [-0.1, -0.05) is 23.9 Å². The second-order valence-electron chi connectivity index (χ2n) is 3.08. The minimum atomic E-state index is -0.267. The lowest BCUT2D eigenvalue weighted by atomic mass is 10.3. The summed E-state index contributed by atoms with van der Waals surface area (Å²) in [6, 6.07) is 8.29. The first-order valence-electron chi connectivity index (χ1n) is 4.50. The first-order chi connectivity index (χ1) is 7.66. The summed E-state index contributed by atoms with van der Waals surface area (Å²) in [5.74, 6) is -0.267. The summed E-state index contributed by atoms with van der Waals surface area (Å²) in [7, 11) is 0. The molecule has 2 N–H and O–H groups in total. The van der Waals surface area contributed by atoms with E-state index in [2.05, 4.69) is 20.9 Å². The van der Waals surface area contributed by atoms with E-state index in [4.69, 9.17) is 5.73 Å². The van der Waals surface area contributed by atoms with Crippen LogP contribution >= 0.6 is 27.7 Å². The van der Waals surface area contributed by atoms with Gasteiger partial charge in [-0.05, 0) is 34.1 Å². The summed E-state index contributed by atoms with van der Waals surface area (Å²) < 4.78 is 14.2. The van der Waals surface area contributed by atoms with Gasteiger partial charge in [-0.3, -0.25) is 0 Å². The lowest BCUT2D eigenvalue weighted by molar-refractivity contribution is 0.602. The molecule has 2 nitrogen and oxygen atoms in total. The van der Waals surface area contributed by atoms with Crippen LogP contribution in [0.25, 0.3) is 0 Å². The van der Waals surface area contributed by atoms with Gasteiger partial charge in [-0.2, -0.15) is 0 Å². The molecule has 1 heterocycles. The van der Waals surface area contributed by atoms with Crippen molar-refractivity contribution >= 4 is 33.4 Å². The van der Waals surface area contributed by atoms with Crippen LogP contribution in [0.1, 0.15) is 0 Å². The quantitative estimate of drug-likeness (QED) is 0.918. The summed E-state index contributed by atoms with van der Waals surface area (Å²) in [6.07, 6.45) is 1.64. The first-order valence-corrected chi connectivity index (χ1v) is 6.11. The highest BCUT2D eigenvalue weighted by atomic mass is 79.9. The molecule has 16 heavy (non-hydrogen) atoms. The van der Waals surface area contributed by atoms with Crippen molar-refractivity contribution in [1.82, 2.24) is 4.98 Å². The summed E-state index contributed by atoms with van der Waals surface area (Å²) in [5.41, 5.74) is 6.31. The van der Waals surface area contributed by atoms with E-state index in [1.807, 2.05) is 0 Å². The zero-order valence-electron chi connectivity index (χ0n) is 8.15. The molecule has 2 rings (SSSR count). The SMILES string of the molecule is Nc1cc(Br)cnc1Sc1ccccc1F. The summed E-state index contributed by atoms with van der Waals surface area (Å²) >= 11 is 4.49. The molecular weight excluding hydrogens is 291 g/mol. The van der Waals surface area contributed by atoms with Crippen LogP contribution in [0.3, 0.4) is 0 Å². The van der Waals surface area contributed by atoms with E-state index in [1.54, 1.807) is 30.5 Å². The summed E-state index contributed by atoms with van der Waals surface area (Å²) in [6.45, 7) is 0. The van der Waals surface area contributed by atoms with Crippen LogP contribution in [0.5, 0.6) is 0 Å². The summed E-state index contributed by atoms with van der Waals surface area (Å²) in [4.78, 5) is 4.66. The van der Waals surface area contributed by atoms with Crippen molar-refractivity contribution in [3.63, 3.8) is 0 Å². The van der Waals surface area contributed by atoms with Gasteiger partial charge in [0.05, 0.1) is 5.69 Å². The van der Waals surface area contributed by atoms with E-state index in [0.717, 1.165) is 4.47 Å². The van der Waals surface area contributed by atoms with Gasteiger partial charge < -0.3 is 5.73 Å². The summed E-state index contributed by atoms with van der Waals surface area (Å²) in [5, 5.41) is 0.605. The molecule has 1 aromatic heterocycles. The smallest absolute Gasteiger partial charge is 0.137 e. The molecular formula is C11H8BrFN2S. The Hall–Kier alpha value is -1.07. The molecule has 0 atom stereocenters. The van der Waals surface area contributed by atoms with E-state index in [0.29, 0.717) is 15.6 Å². The molecule has 0 saturated heterocycles. The second kappa shape index (κ2) is 4.84. The van der Waals surface area contributed by atoms with Gasteiger partial charge >= 0.3 is 0 Å². The highest BCUT2D eigenvalue weighted by Crippen LogP contribution is 2.32. The van der Waals surface area contributed by atoms with Gasteiger partial charge in [0.15, 0.2) is 0 Å². The second-order valence-corrected chi connectivity index (χ2v) is 5.03. The molecule has 0 fully saturated rings. The van der Waals surface area contributed by atoms with Gasteiger partial charge in [0, 0.05) is 15.6 Å². The maximum absolute atomic E-state index is 13.4. The van der Waals surface area contributed by atoms with Crippen LogP contribution < -0.4 is 5.73 Å². The van der Waals surface area contributed by atoms with Crippen molar-refractivity contribution in [2.24, 2.45) is 0 Å². The predicted octanol–water partition coefficient (Wildman–Crippen LogP) is 3.72. The number of aromatic nitrogens is 1. The first kappa shape index (κ1) is 11.4. The fourth-order valence-electron chi connectivity index (χ4n) is 1.16. The van der Waals surface area contributed by atoms with E-state index >= 15 is 0 Å². The number of halogens is 2. The fraction of sp³-hybridized carbons (Fsp3) is 0. The number of anilines is 1. The minimum Gasteiger partial charge on any atom is -0.397 e. The van der Waals surface area contributed by atoms with Gasteiger partial charge in [0.1, 0.15) is 10.8 Å². The molecule has 5 heteroatoms. The highest BCUT2D eigenvalue weighted by Gasteiger charge is 2.07. The van der Waals surface area contributed by atoms with Crippen molar-refractivity contribution in [2.45, 2.75) is 9.92 Å². The number of hydrogen-bond donors (Lipinski definition) is 1. The van der Waals surface area contributed by atoms with Crippen molar-refractivity contribution in [3.8, 4) is 0 Å². The van der Waals surface area contributed by atoms with Gasteiger partial charge in [0.2, 0.25) is 0 Å². The van der Waals surface area contributed by atoms with Crippen LogP contribution in [-0.2, 0) is 0 Å². The van der Waals surface area contributed by atoms with Crippen LogP contribution in [0, 0.1) is 5.82 Å². The van der Waals surface area contributed by atoms with Crippen LogP contribution in [0.2, 0.25) is 0 Å². The average molecular weight is 299 g/mol. The largest absolute Gasteiger partial charge is 0.397 e. The molecule has 0 bridgehead atoms. The number of nitrogens with zero attached hydrogens (tertiary/aromatic N) is 1. The predicted molar refractivity (Wildman–Crippen MR) is 66.9 cm³/mol. The highest BCUT2D eigenvalue weighted by molar-refractivity contribution is 9.10. The molecule has 0 amide bonds. The number of pyridine rings is 1. The molecule has 82 valence electrons. The van der Waals surface area contributed by atoms with E-state index in [1.165, 1.54) is 17.8 Å². The van der Waals surface area contributed by atoms with Gasteiger partial charge in [-0.25, -0.2) is 9.37 Å². The standard InChI is InChI=1S/C11H8BrFN2S/c12-7-5-9(14)11(15-6-7)16-10-4-2-1-3-8(10)13/h1-6H,14H2. The molecule has 2 aromatic rings. The molecule has 0 aliphatic rings. The zero-order valence-corrected chi connectivity index (χ0v) is 10.6. The Morgan fingerprint density at radius 1 is 1.31 bits per heavy atom. The van der Waals surface area contributed by atoms with Gasteiger partial charge in [-0.15, -0.1) is 0 Å². The maximum atomic E-state index is 13.4.